The average Bonchev–Trinajstić information content (AvgIpc) is 3.51. The van der Waals surface area contributed by atoms with Gasteiger partial charge >= 0.3 is 0 Å². The molecule has 0 saturated heterocycles. The molecular formula is C20H16N4O. The first-order valence-electron chi connectivity index (χ1n) is 8.53. The van der Waals surface area contributed by atoms with E-state index in [0.717, 1.165) is 34.7 Å². The number of aromatic nitrogens is 2. The molecule has 25 heavy (non-hydrogen) atoms. The van der Waals surface area contributed by atoms with Crippen LogP contribution < -0.4 is 9.64 Å². The summed E-state index contributed by atoms with van der Waals surface area (Å²) in [6.45, 7) is 1.39. The highest BCUT2D eigenvalue weighted by Gasteiger charge is 2.27. The van der Waals surface area contributed by atoms with Gasteiger partial charge in [-0.25, -0.2) is 9.97 Å². The topological polar surface area (TPSA) is 62.0 Å². The van der Waals surface area contributed by atoms with E-state index in [4.69, 9.17) is 15.0 Å². The number of hydrogen-bond donors (Lipinski definition) is 0. The van der Waals surface area contributed by atoms with Gasteiger partial charge in [0, 0.05) is 17.6 Å². The zero-order valence-corrected chi connectivity index (χ0v) is 13.6. The quantitative estimate of drug-likeness (QED) is 0.714. The number of fused-ring (bicyclic) bond motifs is 2. The number of hydrogen-bond acceptors (Lipinski definition) is 5. The van der Waals surface area contributed by atoms with Crippen LogP contribution >= 0.6 is 0 Å². The molecule has 1 fully saturated rings. The van der Waals surface area contributed by atoms with Crippen LogP contribution in [0.15, 0.2) is 42.6 Å². The van der Waals surface area contributed by atoms with E-state index in [1.165, 1.54) is 18.4 Å². The first-order chi connectivity index (χ1) is 12.3. The summed E-state index contributed by atoms with van der Waals surface area (Å²) in [5.41, 5.74) is 3.63. The van der Waals surface area contributed by atoms with Crippen molar-refractivity contribution in [3.05, 3.63) is 53.9 Å². The molecule has 1 aliphatic carbocycles. The van der Waals surface area contributed by atoms with Crippen molar-refractivity contribution in [1.82, 2.24) is 9.97 Å². The van der Waals surface area contributed by atoms with Crippen LogP contribution in [0.1, 0.15) is 30.0 Å². The molecular weight excluding hydrogens is 312 g/mol. The maximum atomic E-state index is 9.07. The van der Waals surface area contributed by atoms with Crippen LogP contribution in [0.5, 0.6) is 5.75 Å². The number of nitriles is 1. The number of pyridine rings is 2. The molecule has 0 atom stereocenters. The van der Waals surface area contributed by atoms with Gasteiger partial charge in [-0.15, -0.1) is 0 Å². The Bertz CT molecular complexity index is 1020. The van der Waals surface area contributed by atoms with Gasteiger partial charge in [-0.1, -0.05) is 6.07 Å². The molecule has 5 heteroatoms. The Morgan fingerprint density at radius 2 is 2.08 bits per heavy atom. The molecule has 2 aromatic heterocycles. The molecule has 0 amide bonds. The molecule has 5 nitrogen and oxygen atoms in total. The zero-order valence-electron chi connectivity index (χ0n) is 13.6. The van der Waals surface area contributed by atoms with Gasteiger partial charge in [0.15, 0.2) is 0 Å². The van der Waals surface area contributed by atoms with Crippen LogP contribution in [0.25, 0.3) is 10.9 Å². The SMILES string of the molecule is N#Cc1cc2nc(N3CCOc4ccc(C5CC5)cc43)ccc2cn1. The molecule has 1 saturated carbocycles. The van der Waals surface area contributed by atoms with Crippen LogP contribution in [0, 0.1) is 11.3 Å². The number of anilines is 2. The molecule has 0 radical (unpaired) electrons. The first kappa shape index (κ1) is 14.2. The number of benzene rings is 1. The molecule has 1 aromatic carbocycles. The predicted molar refractivity (Wildman–Crippen MR) is 95.2 cm³/mol. The van der Waals surface area contributed by atoms with Crippen molar-refractivity contribution >= 4 is 22.4 Å². The lowest BCUT2D eigenvalue weighted by Gasteiger charge is -2.31. The van der Waals surface area contributed by atoms with Crippen LogP contribution in [0.3, 0.4) is 0 Å². The predicted octanol–water partition coefficient (Wildman–Crippen LogP) is 3.91. The third kappa shape index (κ3) is 2.47. The fourth-order valence-electron chi connectivity index (χ4n) is 3.36. The standard InChI is InChI=1S/C20H16N4O/c21-11-16-10-17-15(12-22-16)4-6-20(23-17)24-7-8-25-19-5-3-14(9-18(19)24)13-1-2-13/h3-6,9-10,12-13H,1-2,7-8H2. The highest BCUT2D eigenvalue weighted by Crippen LogP contribution is 2.44. The highest BCUT2D eigenvalue weighted by molar-refractivity contribution is 5.82. The van der Waals surface area contributed by atoms with Gasteiger partial charge in [-0.3, -0.25) is 0 Å². The molecule has 0 bridgehead atoms. The Labute approximate surface area is 145 Å². The number of rotatable bonds is 2. The maximum Gasteiger partial charge on any atom is 0.143 e. The summed E-state index contributed by atoms with van der Waals surface area (Å²) >= 11 is 0. The minimum Gasteiger partial charge on any atom is -0.490 e. The molecule has 3 heterocycles. The van der Waals surface area contributed by atoms with Gasteiger partial charge in [0.1, 0.15) is 29.9 Å². The van der Waals surface area contributed by atoms with Crippen LogP contribution in [-0.4, -0.2) is 23.1 Å². The summed E-state index contributed by atoms with van der Waals surface area (Å²) < 4.78 is 5.83. The third-order valence-electron chi connectivity index (χ3n) is 4.84. The normalized spacial score (nSPS) is 16.2. The lowest BCUT2D eigenvalue weighted by molar-refractivity contribution is 0.313. The second-order valence-corrected chi connectivity index (χ2v) is 6.55. The lowest BCUT2D eigenvalue weighted by atomic mass is 10.1. The molecule has 1 aliphatic heterocycles. The van der Waals surface area contributed by atoms with E-state index in [0.29, 0.717) is 18.2 Å². The van der Waals surface area contributed by atoms with Crippen molar-refractivity contribution in [2.24, 2.45) is 0 Å². The van der Waals surface area contributed by atoms with E-state index < -0.39 is 0 Å². The van der Waals surface area contributed by atoms with Crippen molar-refractivity contribution in [2.45, 2.75) is 18.8 Å². The highest BCUT2D eigenvalue weighted by atomic mass is 16.5. The van der Waals surface area contributed by atoms with E-state index in [-0.39, 0.29) is 0 Å². The summed E-state index contributed by atoms with van der Waals surface area (Å²) in [6, 6.07) is 14.3. The van der Waals surface area contributed by atoms with Crippen molar-refractivity contribution in [1.29, 1.82) is 5.26 Å². The Morgan fingerprint density at radius 1 is 1.16 bits per heavy atom. The fourth-order valence-corrected chi connectivity index (χ4v) is 3.36. The van der Waals surface area contributed by atoms with Gasteiger partial charge in [-0.05, 0) is 48.6 Å². The second-order valence-electron chi connectivity index (χ2n) is 6.55. The van der Waals surface area contributed by atoms with Gasteiger partial charge in [0.2, 0.25) is 0 Å². The van der Waals surface area contributed by atoms with Crippen molar-refractivity contribution in [2.75, 3.05) is 18.1 Å². The van der Waals surface area contributed by atoms with Crippen molar-refractivity contribution in [3.63, 3.8) is 0 Å². The number of nitrogens with zero attached hydrogens (tertiary/aromatic N) is 4. The Balaban J connectivity index is 1.61. The van der Waals surface area contributed by atoms with Crippen LogP contribution in [0.4, 0.5) is 11.5 Å². The average molecular weight is 328 g/mol. The summed E-state index contributed by atoms with van der Waals surface area (Å²) in [6.07, 6.45) is 4.25. The monoisotopic (exact) mass is 328 g/mol. The van der Waals surface area contributed by atoms with E-state index in [2.05, 4.69) is 34.2 Å². The summed E-state index contributed by atoms with van der Waals surface area (Å²) in [5, 5.41) is 10.00. The van der Waals surface area contributed by atoms with Gasteiger partial charge < -0.3 is 9.64 Å². The Morgan fingerprint density at radius 3 is 2.92 bits per heavy atom. The fraction of sp³-hybridized carbons (Fsp3) is 0.250. The molecule has 0 spiro atoms. The molecule has 0 unspecified atom stereocenters. The molecule has 5 rings (SSSR count). The molecule has 0 N–H and O–H groups in total. The van der Waals surface area contributed by atoms with Gasteiger partial charge in [0.25, 0.3) is 0 Å². The van der Waals surface area contributed by atoms with Crippen LogP contribution in [0.2, 0.25) is 0 Å². The van der Waals surface area contributed by atoms with E-state index in [1.807, 2.05) is 12.1 Å². The second kappa shape index (κ2) is 5.45. The summed E-state index contributed by atoms with van der Waals surface area (Å²) in [4.78, 5) is 11.1. The van der Waals surface area contributed by atoms with E-state index in [1.54, 1.807) is 12.3 Å². The summed E-state index contributed by atoms with van der Waals surface area (Å²) in [7, 11) is 0. The van der Waals surface area contributed by atoms with Gasteiger partial charge in [0.05, 0.1) is 17.7 Å². The van der Waals surface area contributed by atoms with Crippen molar-refractivity contribution < 1.29 is 4.74 Å². The minimum absolute atomic E-state index is 0.385. The number of ether oxygens (including phenoxy) is 1. The minimum atomic E-state index is 0.385. The molecule has 122 valence electrons. The molecule has 2 aliphatic rings. The smallest absolute Gasteiger partial charge is 0.143 e. The Hall–Kier alpha value is -3.13. The zero-order chi connectivity index (χ0) is 16.8. The Kier molecular flexibility index (Phi) is 3.10. The summed E-state index contributed by atoms with van der Waals surface area (Å²) in [5.74, 6) is 2.48. The molecule has 3 aromatic rings. The van der Waals surface area contributed by atoms with E-state index >= 15 is 0 Å². The largest absolute Gasteiger partial charge is 0.490 e. The van der Waals surface area contributed by atoms with Gasteiger partial charge in [-0.2, -0.15) is 5.26 Å². The van der Waals surface area contributed by atoms with E-state index in [9.17, 15) is 0 Å². The third-order valence-corrected chi connectivity index (χ3v) is 4.84. The first-order valence-corrected chi connectivity index (χ1v) is 8.53. The maximum absolute atomic E-state index is 9.07. The van der Waals surface area contributed by atoms with Crippen LogP contribution in [-0.2, 0) is 0 Å². The van der Waals surface area contributed by atoms with Crippen molar-refractivity contribution in [3.8, 4) is 11.8 Å². The lowest BCUT2D eigenvalue weighted by Crippen LogP contribution is -2.29.